The van der Waals surface area contributed by atoms with Crippen LogP contribution in [0.4, 0.5) is 0 Å². The second-order valence-electron chi connectivity index (χ2n) is 4.65. The van der Waals surface area contributed by atoms with Gasteiger partial charge in [-0.25, -0.2) is 0 Å². The molecule has 1 aromatic heterocycles. The molecule has 0 aliphatic carbocycles. The van der Waals surface area contributed by atoms with Gasteiger partial charge in [-0.3, -0.25) is 3.97 Å². The monoisotopic (exact) mass is 205 g/mol. The van der Waals surface area contributed by atoms with Crippen molar-refractivity contribution >= 4 is 23.7 Å². The van der Waals surface area contributed by atoms with Crippen molar-refractivity contribution < 1.29 is 0 Å². The van der Waals surface area contributed by atoms with Crippen molar-refractivity contribution in [3.8, 4) is 0 Å². The summed E-state index contributed by atoms with van der Waals surface area (Å²) in [6, 6.07) is 10.5. The minimum Gasteiger partial charge on any atom is -0.290 e. The van der Waals surface area contributed by atoms with Gasteiger partial charge < -0.3 is 0 Å². The van der Waals surface area contributed by atoms with Crippen LogP contribution in [0, 0.1) is 0 Å². The normalized spacial score (nSPS) is 12.3. The zero-order chi connectivity index (χ0) is 10.3. The summed E-state index contributed by atoms with van der Waals surface area (Å²) in [5.74, 6) is 0. The highest BCUT2D eigenvalue weighted by atomic mass is 32.1. The third kappa shape index (κ3) is 1.44. The molecule has 74 valence electrons. The van der Waals surface area contributed by atoms with E-state index in [0.717, 1.165) is 0 Å². The lowest BCUT2D eigenvalue weighted by Crippen LogP contribution is -2.13. The number of hydrogen-bond acceptors (Lipinski definition) is 1. The van der Waals surface area contributed by atoms with Crippen LogP contribution in [0.15, 0.2) is 30.3 Å². The van der Waals surface area contributed by atoms with E-state index in [1.807, 2.05) is 10.0 Å². The van der Waals surface area contributed by atoms with Crippen LogP contribution in [0.3, 0.4) is 0 Å². The predicted molar refractivity (Wildman–Crippen MR) is 65.0 cm³/mol. The zero-order valence-electron chi connectivity index (χ0n) is 8.78. The second kappa shape index (κ2) is 3.06. The molecule has 0 bridgehead atoms. The Labute approximate surface area is 90.3 Å². The highest BCUT2D eigenvalue weighted by Gasteiger charge is 2.19. The van der Waals surface area contributed by atoms with E-state index in [0.29, 0.717) is 0 Å². The van der Waals surface area contributed by atoms with Gasteiger partial charge in [0.05, 0.1) is 5.52 Å². The highest BCUT2D eigenvalue weighted by molar-refractivity contribution is 7.78. The molecule has 1 heterocycles. The minimum atomic E-state index is 0.140. The second-order valence-corrected chi connectivity index (χ2v) is 5.05. The molecule has 2 heteroatoms. The molecule has 1 aromatic carbocycles. The third-order valence-corrected chi connectivity index (χ3v) is 2.88. The van der Waals surface area contributed by atoms with Gasteiger partial charge in [0.1, 0.15) is 0 Å². The van der Waals surface area contributed by atoms with Crippen LogP contribution in [-0.2, 0) is 5.41 Å². The lowest BCUT2D eigenvalue weighted by atomic mass is 9.92. The van der Waals surface area contributed by atoms with Crippen molar-refractivity contribution in [2.75, 3.05) is 0 Å². The maximum atomic E-state index is 4.53. The molecule has 0 aliphatic heterocycles. The Bertz CT molecular complexity index is 463. The summed E-state index contributed by atoms with van der Waals surface area (Å²) >= 11 is 4.53. The number of nitrogens with zero attached hydrogens (tertiary/aromatic N) is 1. The number of para-hydroxylation sites is 1. The molecule has 2 rings (SSSR count). The molecule has 0 aliphatic rings. The molecule has 0 fully saturated rings. The van der Waals surface area contributed by atoms with Gasteiger partial charge in [0.2, 0.25) is 0 Å². The van der Waals surface area contributed by atoms with Crippen LogP contribution in [0.1, 0.15) is 26.5 Å². The van der Waals surface area contributed by atoms with Gasteiger partial charge in [0, 0.05) is 16.5 Å². The fourth-order valence-electron chi connectivity index (χ4n) is 1.67. The summed E-state index contributed by atoms with van der Waals surface area (Å²) < 4.78 is 1.98. The first-order valence-corrected chi connectivity index (χ1v) is 5.20. The highest BCUT2D eigenvalue weighted by Crippen LogP contribution is 2.29. The van der Waals surface area contributed by atoms with Crippen molar-refractivity contribution in [2.24, 2.45) is 0 Å². The lowest BCUT2D eigenvalue weighted by molar-refractivity contribution is 0.569. The number of thiol groups is 1. The molecular weight excluding hydrogens is 190 g/mol. The number of rotatable bonds is 0. The first kappa shape index (κ1) is 9.66. The van der Waals surface area contributed by atoms with E-state index in [4.69, 9.17) is 0 Å². The largest absolute Gasteiger partial charge is 0.290 e. The standard InChI is InChI=1S/C12H15NS/c1-12(2,3)11-8-9-6-4-5-7-10(9)13(11)14/h4-8,14H,1-3H3. The topological polar surface area (TPSA) is 4.93 Å². The molecular formula is C12H15NS. The maximum Gasteiger partial charge on any atom is 0.0592 e. The molecule has 0 unspecified atom stereocenters. The van der Waals surface area contributed by atoms with Crippen LogP contribution in [0.5, 0.6) is 0 Å². The summed E-state index contributed by atoms with van der Waals surface area (Å²) in [5, 5.41) is 1.26. The fourth-order valence-corrected chi connectivity index (χ4v) is 2.21. The summed E-state index contributed by atoms with van der Waals surface area (Å²) in [6.45, 7) is 6.61. The van der Waals surface area contributed by atoms with Gasteiger partial charge in [-0.1, -0.05) is 51.8 Å². The summed E-state index contributed by atoms with van der Waals surface area (Å²) in [4.78, 5) is 0. The summed E-state index contributed by atoms with van der Waals surface area (Å²) in [5.41, 5.74) is 2.57. The Balaban J connectivity index is 2.75. The Morgan fingerprint density at radius 2 is 1.79 bits per heavy atom. The van der Waals surface area contributed by atoms with Gasteiger partial charge in [-0.05, 0) is 12.1 Å². The summed E-state index contributed by atoms with van der Waals surface area (Å²) in [7, 11) is 0. The zero-order valence-corrected chi connectivity index (χ0v) is 9.68. The lowest BCUT2D eigenvalue weighted by Gasteiger charge is -2.18. The number of hydrogen-bond donors (Lipinski definition) is 1. The number of fused-ring (bicyclic) bond motifs is 1. The molecule has 0 spiro atoms. The average molecular weight is 205 g/mol. The van der Waals surface area contributed by atoms with Crippen LogP contribution in [0.2, 0.25) is 0 Å². The van der Waals surface area contributed by atoms with Gasteiger partial charge in [0.15, 0.2) is 0 Å². The smallest absolute Gasteiger partial charge is 0.0592 e. The third-order valence-electron chi connectivity index (χ3n) is 2.45. The molecule has 1 nitrogen and oxygen atoms in total. The van der Waals surface area contributed by atoms with Crippen molar-refractivity contribution in [3.63, 3.8) is 0 Å². The maximum absolute atomic E-state index is 4.53. The molecule has 0 amide bonds. The molecule has 0 saturated heterocycles. The van der Waals surface area contributed by atoms with Crippen molar-refractivity contribution in [1.29, 1.82) is 0 Å². The Kier molecular flexibility index (Phi) is 2.11. The Morgan fingerprint density at radius 3 is 2.36 bits per heavy atom. The van der Waals surface area contributed by atoms with Crippen molar-refractivity contribution in [2.45, 2.75) is 26.2 Å². The van der Waals surface area contributed by atoms with E-state index in [1.54, 1.807) is 0 Å². The van der Waals surface area contributed by atoms with Crippen LogP contribution in [-0.4, -0.2) is 3.97 Å². The van der Waals surface area contributed by atoms with Crippen LogP contribution < -0.4 is 0 Å². The minimum absolute atomic E-state index is 0.140. The number of benzene rings is 1. The average Bonchev–Trinajstić information content (AvgIpc) is 2.44. The SMILES string of the molecule is CC(C)(C)c1cc2ccccc2n1S. The molecule has 14 heavy (non-hydrogen) atoms. The molecule has 0 radical (unpaired) electrons. The van der Waals surface area contributed by atoms with E-state index in [2.05, 4.69) is 57.9 Å². The van der Waals surface area contributed by atoms with Gasteiger partial charge >= 0.3 is 0 Å². The van der Waals surface area contributed by atoms with Crippen LogP contribution in [0.25, 0.3) is 10.9 Å². The molecule has 0 atom stereocenters. The fraction of sp³-hybridized carbons (Fsp3) is 0.333. The first-order valence-electron chi connectivity index (χ1n) is 4.80. The van der Waals surface area contributed by atoms with Crippen molar-refractivity contribution in [3.05, 3.63) is 36.0 Å². The first-order chi connectivity index (χ1) is 6.50. The van der Waals surface area contributed by atoms with E-state index in [1.165, 1.54) is 16.6 Å². The molecule has 2 aromatic rings. The van der Waals surface area contributed by atoms with Gasteiger partial charge in [-0.15, -0.1) is 0 Å². The Hall–Kier alpha value is -0.890. The van der Waals surface area contributed by atoms with Crippen LogP contribution >= 0.6 is 12.8 Å². The van der Waals surface area contributed by atoms with E-state index in [9.17, 15) is 0 Å². The molecule has 0 saturated carbocycles. The van der Waals surface area contributed by atoms with E-state index in [-0.39, 0.29) is 5.41 Å². The number of aromatic nitrogens is 1. The molecule has 0 N–H and O–H groups in total. The van der Waals surface area contributed by atoms with Crippen molar-refractivity contribution in [1.82, 2.24) is 3.97 Å². The quantitative estimate of drug-likeness (QED) is 0.627. The van der Waals surface area contributed by atoms with E-state index < -0.39 is 0 Å². The predicted octanol–water partition coefficient (Wildman–Crippen LogP) is 3.63. The Morgan fingerprint density at radius 1 is 1.14 bits per heavy atom. The summed E-state index contributed by atoms with van der Waals surface area (Å²) in [6.07, 6.45) is 0. The van der Waals surface area contributed by atoms with E-state index >= 15 is 0 Å². The van der Waals surface area contributed by atoms with Gasteiger partial charge in [-0.2, -0.15) is 0 Å². The van der Waals surface area contributed by atoms with Gasteiger partial charge in [0.25, 0.3) is 0 Å².